The molecule has 0 amide bonds. The average Bonchev–Trinajstić information content (AvgIpc) is 2.34. The molecule has 4 nitrogen and oxygen atoms in total. The first-order chi connectivity index (χ1) is 8.20. The summed E-state index contributed by atoms with van der Waals surface area (Å²) in [7, 11) is 0. The van der Waals surface area contributed by atoms with Crippen molar-refractivity contribution < 1.29 is 4.74 Å². The van der Waals surface area contributed by atoms with Gasteiger partial charge in [0.05, 0.1) is 10.2 Å². The Balaban J connectivity index is 2.35. The predicted octanol–water partition coefficient (Wildman–Crippen LogP) is 3.09. The third-order valence-electron chi connectivity index (χ3n) is 2.04. The Labute approximate surface area is 107 Å². The summed E-state index contributed by atoms with van der Waals surface area (Å²) in [5.41, 5.74) is 6.59. The highest BCUT2D eigenvalue weighted by atomic mass is 79.9. The van der Waals surface area contributed by atoms with Crippen LogP contribution in [0.25, 0.3) is 0 Å². The fourth-order valence-electron chi connectivity index (χ4n) is 1.27. The minimum atomic E-state index is 0.299. The highest BCUT2D eigenvalue weighted by Crippen LogP contribution is 2.34. The lowest BCUT2D eigenvalue weighted by atomic mass is 10.3. The summed E-state index contributed by atoms with van der Waals surface area (Å²) in [6, 6.07) is 12.3. The van der Waals surface area contributed by atoms with Crippen molar-refractivity contribution in [3.8, 4) is 17.7 Å². The molecule has 0 aliphatic carbocycles. The van der Waals surface area contributed by atoms with Crippen LogP contribution in [0.15, 0.2) is 40.9 Å². The molecule has 0 unspecified atom stereocenters. The molecular formula is C12H8BrN3O. The van der Waals surface area contributed by atoms with Crippen LogP contribution in [0, 0.1) is 11.3 Å². The Morgan fingerprint density at radius 2 is 2.00 bits per heavy atom. The number of aromatic nitrogens is 1. The van der Waals surface area contributed by atoms with E-state index in [-0.39, 0.29) is 0 Å². The molecule has 0 aliphatic heterocycles. The summed E-state index contributed by atoms with van der Waals surface area (Å²) in [6.07, 6.45) is 0. The summed E-state index contributed by atoms with van der Waals surface area (Å²) < 4.78 is 6.29. The van der Waals surface area contributed by atoms with Crippen LogP contribution in [0.1, 0.15) is 5.69 Å². The lowest BCUT2D eigenvalue weighted by Gasteiger charge is -2.09. The zero-order chi connectivity index (χ0) is 12.3. The molecule has 84 valence electrons. The molecule has 1 heterocycles. The largest absolute Gasteiger partial charge is 0.436 e. The Kier molecular flexibility index (Phi) is 3.26. The molecule has 1 aromatic heterocycles. The normalized spacial score (nSPS) is 9.65. The Hall–Kier alpha value is -2.06. The molecule has 5 heteroatoms. The van der Waals surface area contributed by atoms with Crippen molar-refractivity contribution in [2.45, 2.75) is 0 Å². The van der Waals surface area contributed by atoms with Crippen molar-refractivity contribution in [1.82, 2.24) is 4.98 Å². The smallest absolute Gasteiger partial charge is 0.220 e. The van der Waals surface area contributed by atoms with Crippen molar-refractivity contribution >= 4 is 21.6 Å². The second-order valence-electron chi connectivity index (χ2n) is 3.23. The molecule has 2 rings (SSSR count). The van der Waals surface area contributed by atoms with E-state index < -0.39 is 0 Å². The van der Waals surface area contributed by atoms with Gasteiger partial charge in [-0.2, -0.15) is 5.26 Å². The summed E-state index contributed by atoms with van der Waals surface area (Å²) in [4.78, 5) is 4.01. The molecule has 2 N–H and O–H groups in total. The van der Waals surface area contributed by atoms with Gasteiger partial charge in [-0.05, 0) is 34.1 Å². The van der Waals surface area contributed by atoms with Crippen LogP contribution >= 0.6 is 15.9 Å². The number of nitrogens with two attached hydrogens (primary N) is 1. The van der Waals surface area contributed by atoms with E-state index in [1.165, 1.54) is 0 Å². The van der Waals surface area contributed by atoms with Gasteiger partial charge in [-0.25, -0.2) is 4.98 Å². The monoisotopic (exact) mass is 289 g/mol. The second kappa shape index (κ2) is 4.85. The first-order valence-electron chi connectivity index (χ1n) is 4.79. The number of hydrogen-bond acceptors (Lipinski definition) is 4. The average molecular weight is 290 g/mol. The standard InChI is InChI=1S/C12H8BrN3O/c13-9-4-2-5-10(15)12(9)17-11-6-1-3-8(7-14)16-11/h1-6H,15H2. The molecule has 0 atom stereocenters. The van der Waals surface area contributed by atoms with Gasteiger partial charge in [0, 0.05) is 6.07 Å². The van der Waals surface area contributed by atoms with E-state index in [0.717, 1.165) is 4.47 Å². The van der Waals surface area contributed by atoms with Gasteiger partial charge in [0.15, 0.2) is 5.75 Å². The highest BCUT2D eigenvalue weighted by Gasteiger charge is 2.07. The number of hydrogen-bond donors (Lipinski definition) is 1. The molecule has 2 aromatic rings. The molecule has 17 heavy (non-hydrogen) atoms. The second-order valence-corrected chi connectivity index (χ2v) is 4.09. The molecular weight excluding hydrogens is 282 g/mol. The number of nitrogen functional groups attached to an aromatic ring is 1. The maximum atomic E-state index is 8.74. The van der Waals surface area contributed by atoms with Gasteiger partial charge in [0.25, 0.3) is 0 Å². The number of para-hydroxylation sites is 1. The number of benzene rings is 1. The van der Waals surface area contributed by atoms with Gasteiger partial charge in [-0.3, -0.25) is 0 Å². The Bertz CT molecular complexity index is 572. The minimum Gasteiger partial charge on any atom is -0.436 e. The van der Waals surface area contributed by atoms with E-state index in [1.54, 1.807) is 24.3 Å². The van der Waals surface area contributed by atoms with Crippen LogP contribution < -0.4 is 10.5 Å². The van der Waals surface area contributed by atoms with Gasteiger partial charge < -0.3 is 10.5 Å². The van der Waals surface area contributed by atoms with Crippen LogP contribution in [0.5, 0.6) is 11.6 Å². The van der Waals surface area contributed by atoms with Crippen molar-refractivity contribution in [1.29, 1.82) is 5.26 Å². The van der Waals surface area contributed by atoms with Crippen molar-refractivity contribution in [2.75, 3.05) is 5.73 Å². The number of halogens is 1. The van der Waals surface area contributed by atoms with E-state index >= 15 is 0 Å². The first-order valence-corrected chi connectivity index (χ1v) is 5.59. The van der Waals surface area contributed by atoms with Crippen molar-refractivity contribution in [2.24, 2.45) is 0 Å². The Morgan fingerprint density at radius 1 is 1.24 bits per heavy atom. The van der Waals surface area contributed by atoms with Gasteiger partial charge in [0.2, 0.25) is 5.88 Å². The SMILES string of the molecule is N#Cc1cccc(Oc2c(N)cccc2Br)n1. The molecule has 0 saturated heterocycles. The summed E-state index contributed by atoms with van der Waals surface area (Å²) in [6.45, 7) is 0. The number of rotatable bonds is 2. The lowest BCUT2D eigenvalue weighted by Crippen LogP contribution is -1.95. The Morgan fingerprint density at radius 3 is 2.71 bits per heavy atom. The van der Waals surface area contributed by atoms with Crippen LogP contribution in [-0.2, 0) is 0 Å². The number of nitrogens with zero attached hydrogens (tertiary/aromatic N) is 2. The van der Waals surface area contributed by atoms with Gasteiger partial charge in [0.1, 0.15) is 11.8 Å². The number of pyridine rings is 1. The highest BCUT2D eigenvalue weighted by molar-refractivity contribution is 9.10. The maximum absolute atomic E-state index is 8.74. The molecule has 1 aromatic carbocycles. The summed E-state index contributed by atoms with van der Waals surface area (Å²) in [5, 5.41) is 8.74. The molecule has 0 spiro atoms. The number of ether oxygens (including phenoxy) is 1. The maximum Gasteiger partial charge on any atom is 0.220 e. The van der Waals surface area contributed by atoms with Crippen LogP contribution in [0.4, 0.5) is 5.69 Å². The first kappa shape index (κ1) is 11.4. The fraction of sp³-hybridized carbons (Fsp3) is 0. The summed E-state index contributed by atoms with van der Waals surface area (Å²) >= 11 is 3.34. The topological polar surface area (TPSA) is 71.9 Å². The summed E-state index contributed by atoms with van der Waals surface area (Å²) in [5.74, 6) is 0.831. The van der Waals surface area contributed by atoms with E-state index in [1.807, 2.05) is 18.2 Å². The van der Waals surface area contributed by atoms with Gasteiger partial charge in [-0.1, -0.05) is 12.1 Å². The van der Waals surface area contributed by atoms with Crippen LogP contribution in [0.3, 0.4) is 0 Å². The van der Waals surface area contributed by atoms with E-state index in [9.17, 15) is 0 Å². The molecule has 0 radical (unpaired) electrons. The van der Waals surface area contributed by atoms with E-state index in [0.29, 0.717) is 23.0 Å². The zero-order valence-corrected chi connectivity index (χ0v) is 10.3. The van der Waals surface area contributed by atoms with E-state index in [2.05, 4.69) is 20.9 Å². The number of nitriles is 1. The third kappa shape index (κ3) is 2.55. The predicted molar refractivity (Wildman–Crippen MR) is 67.6 cm³/mol. The van der Waals surface area contributed by atoms with Crippen molar-refractivity contribution in [3.05, 3.63) is 46.6 Å². The fourth-order valence-corrected chi connectivity index (χ4v) is 1.73. The molecule has 0 fully saturated rings. The molecule has 0 aliphatic rings. The molecule has 0 saturated carbocycles. The lowest BCUT2D eigenvalue weighted by molar-refractivity contribution is 0.462. The van der Waals surface area contributed by atoms with Crippen LogP contribution in [-0.4, -0.2) is 4.98 Å². The minimum absolute atomic E-state index is 0.299. The quantitative estimate of drug-likeness (QED) is 0.863. The van der Waals surface area contributed by atoms with Crippen molar-refractivity contribution in [3.63, 3.8) is 0 Å². The molecule has 0 bridgehead atoms. The van der Waals surface area contributed by atoms with Crippen LogP contribution in [0.2, 0.25) is 0 Å². The van der Waals surface area contributed by atoms with Gasteiger partial charge in [-0.15, -0.1) is 0 Å². The zero-order valence-electron chi connectivity index (χ0n) is 8.72. The van der Waals surface area contributed by atoms with E-state index in [4.69, 9.17) is 15.7 Å². The van der Waals surface area contributed by atoms with Gasteiger partial charge >= 0.3 is 0 Å². The third-order valence-corrected chi connectivity index (χ3v) is 2.67. The number of anilines is 1.